The van der Waals surface area contributed by atoms with Crippen molar-refractivity contribution >= 4 is 12.2 Å². The van der Waals surface area contributed by atoms with Gasteiger partial charge in [-0.1, -0.05) is 12.1 Å². The summed E-state index contributed by atoms with van der Waals surface area (Å²) in [5, 5.41) is 0. The van der Waals surface area contributed by atoms with E-state index in [-0.39, 0.29) is 12.5 Å². The molecule has 0 spiro atoms. The topological polar surface area (TPSA) is 46.6 Å². The van der Waals surface area contributed by atoms with E-state index in [9.17, 15) is 9.59 Å². The van der Waals surface area contributed by atoms with Crippen molar-refractivity contribution in [2.24, 2.45) is 0 Å². The number of carbonyl (C=O) groups is 2. The maximum Gasteiger partial charge on any atom is 0.225 e. The van der Waals surface area contributed by atoms with Gasteiger partial charge in [-0.15, -0.1) is 0 Å². The Morgan fingerprint density at radius 3 is 2.69 bits per heavy atom. The van der Waals surface area contributed by atoms with Crippen molar-refractivity contribution in [2.45, 2.75) is 6.42 Å². The van der Waals surface area contributed by atoms with Gasteiger partial charge in [0, 0.05) is 14.1 Å². The molecule has 0 N–H and O–H groups in total. The number of ether oxygens (including phenoxy) is 1. The molecular weight excluding hydrogens is 206 g/mol. The molecule has 0 unspecified atom stereocenters. The molecule has 4 heteroatoms. The van der Waals surface area contributed by atoms with Crippen LogP contribution >= 0.6 is 0 Å². The van der Waals surface area contributed by atoms with Gasteiger partial charge in [0.1, 0.15) is 5.75 Å². The summed E-state index contributed by atoms with van der Waals surface area (Å²) in [6.45, 7) is 0.280. The molecule has 1 aromatic rings. The molecule has 0 aliphatic rings. The molecule has 0 radical (unpaired) electrons. The van der Waals surface area contributed by atoms with Crippen molar-refractivity contribution < 1.29 is 14.3 Å². The molecule has 0 aromatic heterocycles. The van der Waals surface area contributed by atoms with Crippen LogP contribution in [0.15, 0.2) is 24.3 Å². The number of rotatable bonds is 5. The summed E-state index contributed by atoms with van der Waals surface area (Å²) in [7, 11) is 3.39. The molecule has 1 rings (SSSR count). The lowest BCUT2D eigenvalue weighted by Gasteiger charge is -2.11. The van der Waals surface area contributed by atoms with Crippen molar-refractivity contribution in [1.29, 1.82) is 0 Å². The Bertz CT molecular complexity index is 374. The molecular formula is C12H15NO3. The molecule has 0 atom stereocenters. The normalized spacial score (nSPS) is 9.62. The zero-order valence-corrected chi connectivity index (χ0v) is 9.47. The fraction of sp³-hybridized carbons (Fsp3) is 0.333. The van der Waals surface area contributed by atoms with Gasteiger partial charge >= 0.3 is 0 Å². The molecule has 0 saturated carbocycles. The van der Waals surface area contributed by atoms with Crippen molar-refractivity contribution in [3.05, 3.63) is 29.8 Å². The second-order valence-corrected chi connectivity index (χ2v) is 3.54. The van der Waals surface area contributed by atoms with E-state index in [0.717, 1.165) is 6.29 Å². The number of benzene rings is 1. The van der Waals surface area contributed by atoms with Crippen LogP contribution in [0.4, 0.5) is 0 Å². The second-order valence-electron chi connectivity index (χ2n) is 3.54. The van der Waals surface area contributed by atoms with Crippen molar-refractivity contribution in [3.8, 4) is 5.75 Å². The van der Waals surface area contributed by atoms with Gasteiger partial charge in [-0.05, 0) is 12.1 Å². The smallest absolute Gasteiger partial charge is 0.225 e. The fourth-order valence-electron chi connectivity index (χ4n) is 1.18. The number of carbonyl (C=O) groups excluding carboxylic acids is 2. The summed E-state index contributed by atoms with van der Waals surface area (Å²) in [5.74, 6) is 0.521. The van der Waals surface area contributed by atoms with Crippen LogP contribution in [0.1, 0.15) is 16.8 Å². The van der Waals surface area contributed by atoms with E-state index < -0.39 is 0 Å². The molecule has 86 valence electrons. The van der Waals surface area contributed by atoms with Crippen LogP contribution in [-0.2, 0) is 4.79 Å². The Morgan fingerprint density at radius 2 is 2.06 bits per heavy atom. The van der Waals surface area contributed by atoms with Crippen molar-refractivity contribution in [3.63, 3.8) is 0 Å². The Hall–Kier alpha value is -1.84. The van der Waals surface area contributed by atoms with E-state index in [1.807, 2.05) is 0 Å². The monoisotopic (exact) mass is 221 g/mol. The fourth-order valence-corrected chi connectivity index (χ4v) is 1.18. The van der Waals surface area contributed by atoms with Gasteiger partial charge in [0.25, 0.3) is 0 Å². The first-order chi connectivity index (χ1) is 7.65. The van der Waals surface area contributed by atoms with Gasteiger partial charge in [-0.25, -0.2) is 0 Å². The first-order valence-corrected chi connectivity index (χ1v) is 5.02. The minimum atomic E-state index is 0.00332. The van der Waals surface area contributed by atoms with Crippen LogP contribution in [0, 0.1) is 0 Å². The van der Waals surface area contributed by atoms with E-state index in [2.05, 4.69) is 0 Å². The van der Waals surface area contributed by atoms with E-state index in [4.69, 9.17) is 4.74 Å². The molecule has 0 bridgehead atoms. The lowest BCUT2D eigenvalue weighted by Crippen LogP contribution is -2.23. The summed E-state index contributed by atoms with van der Waals surface area (Å²) < 4.78 is 5.37. The van der Waals surface area contributed by atoms with Crippen LogP contribution < -0.4 is 4.74 Å². The zero-order valence-electron chi connectivity index (χ0n) is 9.47. The number of para-hydroxylation sites is 1. The average Bonchev–Trinajstić information content (AvgIpc) is 2.29. The minimum absolute atomic E-state index is 0.00332. The highest BCUT2D eigenvalue weighted by molar-refractivity contribution is 5.79. The van der Waals surface area contributed by atoms with E-state index >= 15 is 0 Å². The predicted octanol–water partition coefficient (Wildman–Crippen LogP) is 1.36. The lowest BCUT2D eigenvalue weighted by atomic mass is 10.2. The first kappa shape index (κ1) is 12.2. The van der Waals surface area contributed by atoms with Crippen LogP contribution in [0.3, 0.4) is 0 Å². The van der Waals surface area contributed by atoms with Crippen LogP contribution in [0.2, 0.25) is 0 Å². The molecule has 0 saturated heterocycles. The van der Waals surface area contributed by atoms with E-state index in [1.54, 1.807) is 38.4 Å². The lowest BCUT2D eigenvalue weighted by molar-refractivity contribution is -0.129. The van der Waals surface area contributed by atoms with Gasteiger partial charge in [0.2, 0.25) is 5.91 Å². The number of amides is 1. The van der Waals surface area contributed by atoms with Gasteiger partial charge < -0.3 is 9.64 Å². The summed E-state index contributed by atoms with van der Waals surface area (Å²) >= 11 is 0. The maximum atomic E-state index is 11.3. The molecule has 0 aliphatic carbocycles. The van der Waals surface area contributed by atoms with Crippen LogP contribution in [-0.4, -0.2) is 37.8 Å². The molecule has 0 heterocycles. The summed E-state index contributed by atoms with van der Waals surface area (Å²) in [5.41, 5.74) is 0.500. The minimum Gasteiger partial charge on any atom is -0.492 e. The summed E-state index contributed by atoms with van der Waals surface area (Å²) in [6.07, 6.45) is 1.04. The van der Waals surface area contributed by atoms with Crippen molar-refractivity contribution in [2.75, 3.05) is 20.7 Å². The summed E-state index contributed by atoms with van der Waals surface area (Å²) in [4.78, 5) is 23.5. The molecule has 16 heavy (non-hydrogen) atoms. The van der Waals surface area contributed by atoms with Crippen LogP contribution in [0.25, 0.3) is 0 Å². The third-order valence-corrected chi connectivity index (χ3v) is 2.12. The number of nitrogens with zero attached hydrogens (tertiary/aromatic N) is 1. The molecule has 0 aliphatic heterocycles. The highest BCUT2D eigenvalue weighted by atomic mass is 16.5. The van der Waals surface area contributed by atoms with Crippen molar-refractivity contribution in [1.82, 2.24) is 4.90 Å². The summed E-state index contributed by atoms with van der Waals surface area (Å²) in [6, 6.07) is 6.94. The maximum absolute atomic E-state index is 11.3. The number of hydrogen-bond acceptors (Lipinski definition) is 3. The highest BCUT2D eigenvalue weighted by Gasteiger charge is 2.05. The van der Waals surface area contributed by atoms with Gasteiger partial charge in [-0.2, -0.15) is 0 Å². The Kier molecular flexibility index (Phi) is 4.51. The highest BCUT2D eigenvalue weighted by Crippen LogP contribution is 2.15. The zero-order chi connectivity index (χ0) is 12.0. The standard InChI is InChI=1S/C12H15NO3/c1-13(2)12(15)7-8-16-11-6-4-3-5-10(11)9-14/h3-6,9H,7-8H2,1-2H3. The van der Waals surface area contributed by atoms with Crippen LogP contribution in [0.5, 0.6) is 5.75 Å². The average molecular weight is 221 g/mol. The van der Waals surface area contributed by atoms with Gasteiger partial charge in [0.05, 0.1) is 18.6 Å². The molecule has 4 nitrogen and oxygen atoms in total. The Morgan fingerprint density at radius 1 is 1.38 bits per heavy atom. The SMILES string of the molecule is CN(C)C(=O)CCOc1ccccc1C=O. The Labute approximate surface area is 94.8 Å². The third kappa shape index (κ3) is 3.38. The van der Waals surface area contributed by atoms with E-state index in [1.165, 1.54) is 4.90 Å². The van der Waals surface area contributed by atoms with E-state index in [0.29, 0.717) is 17.7 Å². The molecule has 1 aromatic carbocycles. The second kappa shape index (κ2) is 5.90. The number of aldehydes is 1. The quantitative estimate of drug-likeness (QED) is 0.705. The predicted molar refractivity (Wildman–Crippen MR) is 60.6 cm³/mol. The molecule has 1 amide bonds. The van der Waals surface area contributed by atoms with Gasteiger partial charge in [-0.3, -0.25) is 9.59 Å². The Balaban J connectivity index is 2.49. The molecule has 0 fully saturated rings. The van der Waals surface area contributed by atoms with Gasteiger partial charge in [0.15, 0.2) is 6.29 Å². The first-order valence-electron chi connectivity index (χ1n) is 5.02. The largest absolute Gasteiger partial charge is 0.492 e. The third-order valence-electron chi connectivity index (χ3n) is 2.12. The number of hydrogen-bond donors (Lipinski definition) is 0.